The van der Waals surface area contributed by atoms with Gasteiger partial charge in [-0.2, -0.15) is 0 Å². The number of benzene rings is 1. The van der Waals surface area contributed by atoms with E-state index in [1.165, 1.54) is 0 Å². The van der Waals surface area contributed by atoms with Crippen LogP contribution in [-0.4, -0.2) is 25.2 Å². The van der Waals surface area contributed by atoms with Crippen LogP contribution in [0.25, 0.3) is 0 Å². The summed E-state index contributed by atoms with van der Waals surface area (Å²) in [6, 6.07) is 8.43. The van der Waals surface area contributed by atoms with Gasteiger partial charge in [-0.25, -0.2) is 4.79 Å². The lowest BCUT2D eigenvalue weighted by molar-refractivity contribution is -0.303. The highest BCUT2D eigenvalue weighted by Crippen LogP contribution is 2.13. The Hall–Kier alpha value is -2.04. The van der Waals surface area contributed by atoms with Crippen LogP contribution in [0.2, 0.25) is 0 Å². The van der Waals surface area contributed by atoms with Gasteiger partial charge in [0.15, 0.2) is 0 Å². The molecule has 86 valence electrons. The first-order chi connectivity index (χ1) is 7.65. The summed E-state index contributed by atoms with van der Waals surface area (Å²) < 4.78 is 4.76. The molecule has 5 nitrogen and oxygen atoms in total. The largest absolute Gasteiger partial charge is 0.548 e. The van der Waals surface area contributed by atoms with Crippen molar-refractivity contribution in [2.45, 2.75) is 6.92 Å². The van der Waals surface area contributed by atoms with Gasteiger partial charge in [0.2, 0.25) is 0 Å². The number of hydrogen-bond donors (Lipinski definition) is 0. The van der Waals surface area contributed by atoms with E-state index >= 15 is 0 Å². The molecule has 0 atom stereocenters. The molecule has 0 unspecified atom stereocenters. The van der Waals surface area contributed by atoms with Crippen LogP contribution in [0.15, 0.2) is 30.3 Å². The van der Waals surface area contributed by atoms with Gasteiger partial charge >= 0.3 is 6.09 Å². The van der Waals surface area contributed by atoms with E-state index in [9.17, 15) is 14.7 Å². The van der Waals surface area contributed by atoms with E-state index in [0.29, 0.717) is 5.69 Å². The lowest BCUT2D eigenvalue weighted by atomic mass is 10.3. The predicted molar refractivity (Wildman–Crippen MR) is 55.8 cm³/mol. The number of amides is 1. The van der Waals surface area contributed by atoms with E-state index in [-0.39, 0.29) is 6.61 Å². The van der Waals surface area contributed by atoms with Crippen molar-refractivity contribution in [3.63, 3.8) is 0 Å². The van der Waals surface area contributed by atoms with Gasteiger partial charge in [-0.15, -0.1) is 0 Å². The van der Waals surface area contributed by atoms with Crippen LogP contribution in [0, 0.1) is 0 Å². The maximum Gasteiger partial charge on any atom is 0.414 e. The molecule has 16 heavy (non-hydrogen) atoms. The predicted octanol–water partition coefficient (Wildman–Crippen LogP) is 0.399. The fraction of sp³-hybridized carbons (Fsp3) is 0.273. The normalized spacial score (nSPS) is 9.56. The summed E-state index contributed by atoms with van der Waals surface area (Å²) in [6.45, 7) is 1.32. The van der Waals surface area contributed by atoms with Crippen LogP contribution in [0.3, 0.4) is 0 Å². The molecule has 0 radical (unpaired) electrons. The van der Waals surface area contributed by atoms with Crippen molar-refractivity contribution in [1.82, 2.24) is 0 Å². The zero-order chi connectivity index (χ0) is 12.0. The Labute approximate surface area is 93.2 Å². The van der Waals surface area contributed by atoms with Gasteiger partial charge in [-0.3, -0.25) is 4.90 Å². The van der Waals surface area contributed by atoms with Gasteiger partial charge in [-0.1, -0.05) is 18.2 Å². The molecule has 0 aliphatic heterocycles. The Kier molecular flexibility index (Phi) is 4.32. The summed E-state index contributed by atoms with van der Waals surface area (Å²) in [5, 5.41) is 10.5. The molecule has 1 rings (SSSR count). The van der Waals surface area contributed by atoms with Crippen molar-refractivity contribution >= 4 is 17.7 Å². The molecule has 0 aromatic heterocycles. The lowest BCUT2D eigenvalue weighted by Gasteiger charge is -2.22. The summed E-state index contributed by atoms with van der Waals surface area (Å²) >= 11 is 0. The minimum atomic E-state index is -1.34. The molecule has 0 saturated carbocycles. The van der Waals surface area contributed by atoms with Crippen molar-refractivity contribution in [3.8, 4) is 0 Å². The molecular formula is C11H12NO4-. The molecule has 0 aliphatic carbocycles. The summed E-state index contributed by atoms with van der Waals surface area (Å²) in [6.07, 6.45) is -0.696. The molecule has 1 aromatic carbocycles. The monoisotopic (exact) mass is 222 g/mol. The molecule has 0 spiro atoms. The van der Waals surface area contributed by atoms with Gasteiger partial charge in [0.25, 0.3) is 0 Å². The Bertz CT molecular complexity index is 364. The third-order valence-corrected chi connectivity index (χ3v) is 1.84. The third-order valence-electron chi connectivity index (χ3n) is 1.84. The maximum atomic E-state index is 11.5. The first-order valence-electron chi connectivity index (χ1n) is 4.84. The van der Waals surface area contributed by atoms with Crippen LogP contribution in [0.1, 0.15) is 6.92 Å². The van der Waals surface area contributed by atoms with Crippen molar-refractivity contribution in [2.24, 2.45) is 0 Å². The summed E-state index contributed by atoms with van der Waals surface area (Å²) in [4.78, 5) is 23.0. The Morgan fingerprint density at radius 3 is 2.44 bits per heavy atom. The van der Waals surface area contributed by atoms with E-state index in [1.54, 1.807) is 37.3 Å². The molecule has 0 N–H and O–H groups in total. The van der Waals surface area contributed by atoms with Gasteiger partial charge < -0.3 is 14.6 Å². The minimum absolute atomic E-state index is 0.190. The molecule has 0 heterocycles. The minimum Gasteiger partial charge on any atom is -0.548 e. The summed E-state index contributed by atoms with van der Waals surface area (Å²) in [7, 11) is 0. The molecule has 0 fully saturated rings. The SMILES string of the molecule is CCOC(=O)N(CC(=O)[O-])c1ccccc1. The van der Waals surface area contributed by atoms with E-state index in [2.05, 4.69) is 0 Å². The van der Waals surface area contributed by atoms with Crippen LogP contribution >= 0.6 is 0 Å². The number of nitrogens with zero attached hydrogens (tertiary/aromatic N) is 1. The van der Waals surface area contributed by atoms with E-state index in [1.807, 2.05) is 0 Å². The van der Waals surface area contributed by atoms with Gasteiger partial charge in [0, 0.05) is 5.69 Å². The zero-order valence-corrected chi connectivity index (χ0v) is 8.88. The second-order valence-corrected chi connectivity index (χ2v) is 2.99. The third kappa shape index (κ3) is 3.27. The Balaban J connectivity index is 2.87. The number of aliphatic carboxylic acids is 1. The average Bonchev–Trinajstić information content (AvgIpc) is 2.27. The molecular weight excluding hydrogens is 210 g/mol. The highest BCUT2D eigenvalue weighted by molar-refractivity contribution is 5.92. The van der Waals surface area contributed by atoms with E-state index in [0.717, 1.165) is 4.90 Å². The smallest absolute Gasteiger partial charge is 0.414 e. The fourth-order valence-electron chi connectivity index (χ4n) is 1.20. The van der Waals surface area contributed by atoms with Crippen molar-refractivity contribution in [2.75, 3.05) is 18.1 Å². The topological polar surface area (TPSA) is 69.7 Å². The molecule has 1 aromatic rings. The van der Waals surface area contributed by atoms with Gasteiger partial charge in [0.1, 0.15) is 0 Å². The summed E-state index contributed by atoms with van der Waals surface area (Å²) in [5.41, 5.74) is 0.463. The molecule has 1 amide bonds. The second-order valence-electron chi connectivity index (χ2n) is 2.99. The number of para-hydroxylation sites is 1. The van der Waals surface area contributed by atoms with Gasteiger partial charge in [-0.05, 0) is 19.1 Å². The first kappa shape index (κ1) is 12.0. The highest BCUT2D eigenvalue weighted by atomic mass is 16.6. The quantitative estimate of drug-likeness (QED) is 0.739. The average molecular weight is 222 g/mol. The zero-order valence-electron chi connectivity index (χ0n) is 8.88. The molecule has 5 heteroatoms. The number of carbonyl (C=O) groups excluding carboxylic acids is 2. The number of carboxylic acids is 1. The maximum absolute atomic E-state index is 11.5. The Morgan fingerprint density at radius 2 is 1.94 bits per heavy atom. The first-order valence-corrected chi connectivity index (χ1v) is 4.84. The molecule has 0 bridgehead atoms. The van der Waals surface area contributed by atoms with Crippen LogP contribution in [0.5, 0.6) is 0 Å². The second kappa shape index (κ2) is 5.75. The van der Waals surface area contributed by atoms with Crippen LogP contribution in [0.4, 0.5) is 10.5 Å². The lowest BCUT2D eigenvalue weighted by Crippen LogP contribution is -2.42. The molecule has 0 aliphatic rings. The highest BCUT2D eigenvalue weighted by Gasteiger charge is 2.16. The van der Waals surface area contributed by atoms with E-state index in [4.69, 9.17) is 4.74 Å². The number of ether oxygens (including phenoxy) is 1. The number of carboxylic acid groups (broad SMARTS) is 1. The number of rotatable bonds is 4. The van der Waals surface area contributed by atoms with Crippen LogP contribution in [-0.2, 0) is 9.53 Å². The van der Waals surface area contributed by atoms with Crippen molar-refractivity contribution in [1.29, 1.82) is 0 Å². The van der Waals surface area contributed by atoms with Crippen molar-refractivity contribution in [3.05, 3.63) is 30.3 Å². The van der Waals surface area contributed by atoms with Crippen LogP contribution < -0.4 is 10.0 Å². The summed E-state index contributed by atoms with van der Waals surface area (Å²) in [5.74, 6) is -1.34. The van der Waals surface area contributed by atoms with Crippen molar-refractivity contribution < 1.29 is 19.4 Å². The Morgan fingerprint density at radius 1 is 1.31 bits per heavy atom. The number of anilines is 1. The fourth-order valence-corrected chi connectivity index (χ4v) is 1.20. The van der Waals surface area contributed by atoms with Gasteiger partial charge in [0.05, 0.1) is 19.1 Å². The number of hydrogen-bond acceptors (Lipinski definition) is 4. The number of carbonyl (C=O) groups is 2. The standard InChI is InChI=1S/C11H13NO4/c1-2-16-11(15)12(8-10(13)14)9-6-4-3-5-7-9/h3-7H,2,8H2,1H3,(H,13,14)/p-1. The molecule has 0 saturated heterocycles. The van der Waals surface area contributed by atoms with E-state index < -0.39 is 18.6 Å².